The molecule has 0 aliphatic carbocycles. The third-order valence-electron chi connectivity index (χ3n) is 9.29. The number of carbonyl (C=O) groups is 5. The number of hydrogen-bond donors (Lipinski definition) is 2. The Hall–Kier alpha value is -5.18. The number of benzene rings is 2. The molecule has 0 spiro atoms. The molecule has 2 N–H and O–H groups in total. The summed E-state index contributed by atoms with van der Waals surface area (Å²) in [4.78, 5) is 71.6. The van der Waals surface area contributed by atoms with Crippen molar-refractivity contribution in [2.75, 3.05) is 40.6 Å². The molecule has 0 saturated carbocycles. The number of carbonyl (C=O) groups excluding carboxylic acids is 5. The lowest BCUT2D eigenvalue weighted by atomic mass is 9.90. The maximum absolute atomic E-state index is 14.1. The summed E-state index contributed by atoms with van der Waals surface area (Å²) in [7, 11) is -0.759. The van der Waals surface area contributed by atoms with Crippen LogP contribution in [0.2, 0.25) is 0 Å². The minimum absolute atomic E-state index is 0.0503. The maximum atomic E-state index is 14.1. The fraction of sp³-hybridized carbons (Fsp3) is 0.512. The number of hydrogen-bond acceptors (Lipinski definition) is 12. The molecule has 2 aromatic carbocycles. The number of ether oxygens (including phenoxy) is 2. The summed E-state index contributed by atoms with van der Waals surface area (Å²) in [6, 6.07) is 13.1. The van der Waals surface area contributed by atoms with Crippen LogP contribution in [0.4, 0.5) is 4.79 Å². The van der Waals surface area contributed by atoms with Gasteiger partial charge in [0.15, 0.2) is 5.76 Å². The van der Waals surface area contributed by atoms with Gasteiger partial charge in [-0.25, -0.2) is 9.59 Å². The summed E-state index contributed by atoms with van der Waals surface area (Å²) in [5, 5.41) is 6.48. The van der Waals surface area contributed by atoms with Gasteiger partial charge in [0.25, 0.3) is 5.91 Å². The molecular weight excluding hydrogens is 795 g/mol. The Morgan fingerprint density at radius 2 is 1.53 bits per heavy atom. The molecule has 0 fully saturated rings. The van der Waals surface area contributed by atoms with Gasteiger partial charge in [-0.2, -0.15) is 5.06 Å². The molecule has 16 nitrogen and oxygen atoms in total. The van der Waals surface area contributed by atoms with Crippen molar-refractivity contribution >= 4 is 43.2 Å². The van der Waals surface area contributed by atoms with E-state index in [2.05, 4.69) is 10.6 Å². The monoisotopic (exact) mass is 856 g/mol. The van der Waals surface area contributed by atoms with Crippen LogP contribution in [0, 0.1) is 5.92 Å². The van der Waals surface area contributed by atoms with Gasteiger partial charge in [-0.3, -0.25) is 18.9 Å². The van der Waals surface area contributed by atoms with Crippen LogP contribution in [0.25, 0.3) is 11.3 Å². The van der Waals surface area contributed by atoms with E-state index < -0.39 is 43.4 Å². The second-order valence-electron chi connectivity index (χ2n) is 14.1. The number of nitrogens with zero attached hydrogens (tertiary/aromatic N) is 2. The molecule has 0 aliphatic heterocycles. The van der Waals surface area contributed by atoms with E-state index >= 15 is 0 Å². The smallest absolute Gasteiger partial charge is 0.414 e. The number of hydroxylamine groups is 2. The molecular formula is C43H61N4O12P. The Labute approximate surface area is 353 Å². The Morgan fingerprint density at radius 3 is 2.15 bits per heavy atom. The van der Waals surface area contributed by atoms with E-state index in [1.54, 1.807) is 43.3 Å². The van der Waals surface area contributed by atoms with Crippen molar-refractivity contribution in [2.45, 2.75) is 98.4 Å². The zero-order chi connectivity index (χ0) is 44.1. The fourth-order valence-electron chi connectivity index (χ4n) is 6.00. The van der Waals surface area contributed by atoms with E-state index in [1.807, 2.05) is 27.7 Å². The molecule has 3 rings (SSSR count). The molecule has 0 saturated heterocycles. The van der Waals surface area contributed by atoms with Gasteiger partial charge in [0.05, 0.1) is 43.8 Å². The van der Waals surface area contributed by atoms with Crippen molar-refractivity contribution in [1.82, 2.24) is 20.6 Å². The van der Waals surface area contributed by atoms with Crippen molar-refractivity contribution in [3.8, 4) is 22.8 Å². The average Bonchev–Trinajstić information content (AvgIpc) is 3.74. The second-order valence-corrected chi connectivity index (χ2v) is 16.1. The van der Waals surface area contributed by atoms with Gasteiger partial charge in [-0.1, -0.05) is 71.9 Å². The quantitative estimate of drug-likeness (QED) is 0.0248. The molecule has 0 bridgehead atoms. The first-order valence-electron chi connectivity index (χ1n) is 20.6. The summed E-state index contributed by atoms with van der Waals surface area (Å²) >= 11 is 0. The molecule has 1 aromatic heterocycles. The average molecular weight is 857 g/mol. The first-order valence-corrected chi connectivity index (χ1v) is 22.2. The minimum atomic E-state index is -3.74. The van der Waals surface area contributed by atoms with E-state index in [0.717, 1.165) is 30.7 Å². The summed E-state index contributed by atoms with van der Waals surface area (Å²) < 4.78 is 42.9. The highest BCUT2D eigenvalue weighted by atomic mass is 31.2. The zero-order valence-electron chi connectivity index (χ0n) is 35.9. The molecule has 4 amide bonds. The Morgan fingerprint density at radius 1 is 0.850 bits per heavy atom. The van der Waals surface area contributed by atoms with Crippen molar-refractivity contribution in [1.29, 1.82) is 0 Å². The molecule has 60 heavy (non-hydrogen) atoms. The van der Waals surface area contributed by atoms with E-state index in [-0.39, 0.29) is 43.4 Å². The normalized spacial score (nSPS) is 12.2. The standard InChI is InChI=1S/C43H61N4O12P/c1-8-13-16-19-34(36(11-4)47(30-48)59-42(51)35-20-17-18-21-38(35)58-43(52)46(6)7)40(49)44-29-45-41(50)39-23-22-37(57-39)31-26-32(54-12-5)28-33(27-31)60(53,55-24-14-9-2)56-25-15-10-3/h17-18,20-23,26-28,30,34,36H,8-16,19,24-25,29H2,1-7H3,(H,44,49)(H,45,50)/t34-,36-/m1/s1. The van der Waals surface area contributed by atoms with E-state index in [1.165, 1.54) is 37.2 Å². The third-order valence-corrected chi connectivity index (χ3v) is 11.2. The zero-order valence-corrected chi connectivity index (χ0v) is 36.8. The molecule has 3 aromatic rings. The van der Waals surface area contributed by atoms with Crippen molar-refractivity contribution < 1.29 is 56.3 Å². The first kappa shape index (κ1) is 49.2. The lowest BCUT2D eigenvalue weighted by Gasteiger charge is -2.32. The Bertz CT molecular complexity index is 1890. The molecule has 2 atom stereocenters. The van der Waals surface area contributed by atoms with Gasteiger partial charge in [-0.05, 0) is 75.1 Å². The third kappa shape index (κ3) is 14.5. The molecule has 0 radical (unpaired) electrons. The van der Waals surface area contributed by atoms with Crippen LogP contribution in [-0.2, 0) is 28.0 Å². The van der Waals surface area contributed by atoms with Gasteiger partial charge < -0.3 is 43.3 Å². The summed E-state index contributed by atoms with van der Waals surface area (Å²) in [6.45, 7) is 10.2. The molecule has 330 valence electrons. The second kappa shape index (κ2) is 25.4. The van der Waals surface area contributed by atoms with Crippen LogP contribution in [0.1, 0.15) is 113 Å². The minimum Gasteiger partial charge on any atom is -0.494 e. The van der Waals surface area contributed by atoms with Crippen molar-refractivity contribution in [2.24, 2.45) is 5.92 Å². The van der Waals surface area contributed by atoms with Gasteiger partial charge in [0.1, 0.15) is 22.8 Å². The van der Waals surface area contributed by atoms with Gasteiger partial charge in [0.2, 0.25) is 12.3 Å². The highest BCUT2D eigenvalue weighted by molar-refractivity contribution is 7.62. The van der Waals surface area contributed by atoms with Gasteiger partial charge in [-0.15, -0.1) is 0 Å². The van der Waals surface area contributed by atoms with Crippen LogP contribution in [0.3, 0.4) is 0 Å². The largest absolute Gasteiger partial charge is 0.494 e. The number of furan rings is 1. The topological polar surface area (TPSA) is 192 Å². The maximum Gasteiger partial charge on any atom is 0.414 e. The van der Waals surface area contributed by atoms with Gasteiger partial charge in [0, 0.05) is 19.7 Å². The van der Waals surface area contributed by atoms with Crippen LogP contribution in [0.5, 0.6) is 11.5 Å². The van der Waals surface area contributed by atoms with Crippen LogP contribution < -0.4 is 25.4 Å². The SMILES string of the molecule is CCCCC[C@@H](C(=O)NCNC(=O)c1ccc(-c2cc(OCC)cc(P(=O)(OCCCC)OCCCC)c2)o1)[C@@H](CC)N(C=O)OC(=O)c1ccccc1OC(=O)N(C)C. The number of unbranched alkanes of at least 4 members (excludes halogenated alkanes) is 4. The fourth-order valence-corrected chi connectivity index (χ4v) is 7.69. The Balaban J connectivity index is 1.77. The summed E-state index contributed by atoms with van der Waals surface area (Å²) in [5.41, 5.74) is 0.390. The molecule has 1 heterocycles. The van der Waals surface area contributed by atoms with E-state index in [9.17, 15) is 28.5 Å². The lowest BCUT2D eigenvalue weighted by Crippen LogP contribution is -2.49. The Kier molecular flexibility index (Phi) is 20.9. The van der Waals surface area contributed by atoms with Crippen LogP contribution >= 0.6 is 7.60 Å². The summed E-state index contributed by atoms with van der Waals surface area (Å²) in [5.74, 6) is -2.28. The predicted octanol–water partition coefficient (Wildman–Crippen LogP) is 7.87. The molecule has 17 heteroatoms. The van der Waals surface area contributed by atoms with Gasteiger partial charge >= 0.3 is 19.7 Å². The first-order chi connectivity index (χ1) is 28.9. The van der Waals surface area contributed by atoms with Crippen molar-refractivity contribution in [3.05, 3.63) is 65.9 Å². The lowest BCUT2D eigenvalue weighted by molar-refractivity contribution is -0.171. The number of para-hydroxylation sites is 1. The highest BCUT2D eigenvalue weighted by Crippen LogP contribution is 2.49. The highest BCUT2D eigenvalue weighted by Gasteiger charge is 2.34. The predicted molar refractivity (Wildman–Crippen MR) is 226 cm³/mol. The van der Waals surface area contributed by atoms with Crippen LogP contribution in [-0.4, -0.2) is 86.9 Å². The number of nitrogens with one attached hydrogen (secondary N) is 2. The number of rotatable bonds is 27. The van der Waals surface area contributed by atoms with Crippen molar-refractivity contribution in [3.63, 3.8) is 0 Å². The van der Waals surface area contributed by atoms with Crippen LogP contribution in [0.15, 0.2) is 59.0 Å². The molecule has 0 aliphatic rings. The summed E-state index contributed by atoms with van der Waals surface area (Å²) in [6.07, 6.45) is 5.66. The molecule has 0 unspecified atom stereocenters. The number of amides is 4. The van der Waals surface area contributed by atoms with E-state index in [0.29, 0.717) is 61.1 Å². The van der Waals surface area contributed by atoms with E-state index in [4.69, 9.17) is 27.8 Å².